The quantitative estimate of drug-likeness (QED) is 0.0651. The van der Waals surface area contributed by atoms with E-state index in [2.05, 4.69) is 26.3 Å². The maximum absolute atomic E-state index is 14.8. The monoisotopic (exact) mass is 779 g/mol. The molecule has 0 saturated heterocycles. The molecule has 1 aliphatic rings. The van der Waals surface area contributed by atoms with Crippen molar-refractivity contribution in [3.63, 3.8) is 0 Å². The van der Waals surface area contributed by atoms with Crippen molar-refractivity contribution in [1.29, 1.82) is 0 Å². The molecule has 294 valence electrons. The van der Waals surface area contributed by atoms with Crippen LogP contribution in [-0.2, 0) is 46.2 Å². The van der Waals surface area contributed by atoms with E-state index in [1.807, 2.05) is 51.1 Å². The maximum Gasteiger partial charge on any atom is 0.418 e. The molecule has 4 aromatic rings. The second-order valence-corrected chi connectivity index (χ2v) is 15.1. The fraction of sp³-hybridized carbons (Fsp3) is 0.429. The number of nitrogens with one attached hydrogen (secondary N) is 5. The topological polar surface area (TPSA) is 115 Å². The Hall–Kier alpha value is -4.78. The molecule has 55 heavy (non-hydrogen) atoms. The minimum atomic E-state index is -4.62. The molecule has 0 radical (unpaired) electrons. The molecule has 13 heteroatoms. The fourth-order valence-electron chi connectivity index (χ4n) is 7.19. The van der Waals surface area contributed by atoms with Crippen molar-refractivity contribution in [2.75, 3.05) is 6.54 Å². The number of H-pyrrole nitrogens is 1. The van der Waals surface area contributed by atoms with E-state index in [-0.39, 0.29) is 48.6 Å². The van der Waals surface area contributed by atoms with Crippen LogP contribution in [0.3, 0.4) is 0 Å². The zero-order valence-corrected chi connectivity index (χ0v) is 32.4. The van der Waals surface area contributed by atoms with Gasteiger partial charge in [0.1, 0.15) is 17.4 Å². The Balaban J connectivity index is 1.47. The summed E-state index contributed by atoms with van der Waals surface area (Å²) < 4.78 is 56.7. The number of aromatic amines is 1. The fourth-order valence-corrected chi connectivity index (χ4v) is 7.58. The number of aryl methyl sites for hydroxylation is 1. The number of aromatic nitrogens is 1. The first-order chi connectivity index (χ1) is 26.2. The Bertz CT molecular complexity index is 2000. The molecule has 1 heterocycles. The highest BCUT2D eigenvalue weighted by atomic mass is 32.1. The first-order valence-corrected chi connectivity index (χ1v) is 19.2. The van der Waals surface area contributed by atoms with Crippen LogP contribution in [0.2, 0.25) is 0 Å². The maximum atomic E-state index is 14.8. The highest BCUT2D eigenvalue weighted by Crippen LogP contribution is 2.40. The Morgan fingerprint density at radius 1 is 0.891 bits per heavy atom. The van der Waals surface area contributed by atoms with Gasteiger partial charge in [0.05, 0.1) is 28.5 Å². The van der Waals surface area contributed by atoms with Gasteiger partial charge in [-0.15, -0.1) is 0 Å². The zero-order chi connectivity index (χ0) is 39.9. The van der Waals surface area contributed by atoms with E-state index in [0.29, 0.717) is 47.4 Å². The van der Waals surface area contributed by atoms with Gasteiger partial charge in [0.15, 0.2) is 0 Å². The summed E-state index contributed by atoms with van der Waals surface area (Å²) in [5.41, 5.74) is -0.196. The van der Waals surface area contributed by atoms with E-state index in [4.69, 9.17) is 12.2 Å². The normalized spacial score (nSPS) is 17.7. The lowest BCUT2D eigenvalue weighted by molar-refractivity contribution is -0.137. The van der Waals surface area contributed by atoms with E-state index in [9.17, 15) is 31.9 Å². The van der Waals surface area contributed by atoms with Gasteiger partial charge in [0.2, 0.25) is 17.7 Å². The van der Waals surface area contributed by atoms with E-state index in [1.54, 1.807) is 19.1 Å². The molecule has 1 aliphatic carbocycles. The molecule has 0 saturated carbocycles. The van der Waals surface area contributed by atoms with Crippen LogP contribution >= 0.6 is 12.2 Å². The van der Waals surface area contributed by atoms with Gasteiger partial charge in [-0.2, -0.15) is 13.2 Å². The standard InChI is InChI=1S/C42H49F4N5O3S/c1-5-25(3)35(49-34(52)23-28-15-10-11-18-32(28)43)38(53)51-41(21-19-33-30(24-41)29-16-12-17-31(37(29)48-33)42(44,45)46)40(54)50-36(26(4)6-2)39(55)47-22-20-27-13-8-7-9-14-27/h7-18,25-26,35-36,48H,5-6,19-24H2,1-4H3,(H,47,55)(H,49,52)(H,50,54)(H,51,53)/t25?,26?,35-,36-,41+/m0/s1. The number of halogens is 4. The second kappa shape index (κ2) is 17.8. The van der Waals surface area contributed by atoms with E-state index in [0.717, 1.165) is 11.6 Å². The van der Waals surface area contributed by atoms with Crippen LogP contribution in [0, 0.1) is 17.7 Å². The molecule has 3 amide bonds. The molecule has 0 bridgehead atoms. The first-order valence-electron chi connectivity index (χ1n) is 18.8. The molecule has 5 atom stereocenters. The molecule has 0 fully saturated rings. The van der Waals surface area contributed by atoms with Crippen LogP contribution in [0.1, 0.15) is 74.9 Å². The lowest BCUT2D eigenvalue weighted by Gasteiger charge is -2.40. The van der Waals surface area contributed by atoms with Crippen molar-refractivity contribution in [1.82, 2.24) is 26.3 Å². The van der Waals surface area contributed by atoms with Crippen LogP contribution in [0.5, 0.6) is 0 Å². The number of alkyl halides is 3. The lowest BCUT2D eigenvalue weighted by atomic mass is 9.78. The van der Waals surface area contributed by atoms with Crippen molar-refractivity contribution in [3.05, 3.63) is 107 Å². The SMILES string of the molecule is CCC(C)[C@H](NC(=O)Cc1ccccc1F)C(=O)N[C@]1(C(=O)N[C@H](C(=S)NCCc2ccccc2)C(C)CC)CCc2[nH]c3c(C(F)(F)F)cccc3c2C1. The Morgan fingerprint density at radius 2 is 1.56 bits per heavy atom. The number of amides is 3. The molecule has 0 aliphatic heterocycles. The van der Waals surface area contributed by atoms with Gasteiger partial charge in [-0.05, 0) is 59.9 Å². The van der Waals surface area contributed by atoms with Gasteiger partial charge in [0.25, 0.3) is 0 Å². The second-order valence-electron chi connectivity index (χ2n) is 14.6. The van der Waals surface area contributed by atoms with E-state index < -0.39 is 52.9 Å². The Morgan fingerprint density at radius 3 is 2.24 bits per heavy atom. The minimum Gasteiger partial charge on any atom is -0.378 e. The average Bonchev–Trinajstić information content (AvgIpc) is 3.53. The molecule has 5 rings (SSSR count). The summed E-state index contributed by atoms with van der Waals surface area (Å²) in [5.74, 6) is -2.79. The largest absolute Gasteiger partial charge is 0.418 e. The predicted octanol–water partition coefficient (Wildman–Crippen LogP) is 7.13. The van der Waals surface area contributed by atoms with Crippen molar-refractivity contribution in [2.24, 2.45) is 11.8 Å². The third-order valence-electron chi connectivity index (χ3n) is 10.9. The number of benzene rings is 3. The molecule has 5 N–H and O–H groups in total. The van der Waals surface area contributed by atoms with Crippen molar-refractivity contribution in [3.8, 4) is 0 Å². The molecule has 3 aromatic carbocycles. The van der Waals surface area contributed by atoms with Gasteiger partial charge in [-0.3, -0.25) is 14.4 Å². The van der Waals surface area contributed by atoms with Gasteiger partial charge < -0.3 is 26.3 Å². The predicted molar refractivity (Wildman–Crippen MR) is 210 cm³/mol. The summed E-state index contributed by atoms with van der Waals surface area (Å²) in [7, 11) is 0. The Labute approximate surface area is 324 Å². The number of para-hydroxylation sites is 1. The van der Waals surface area contributed by atoms with E-state index in [1.165, 1.54) is 24.3 Å². The number of carbonyl (C=O) groups excluding carboxylic acids is 3. The van der Waals surface area contributed by atoms with Crippen LogP contribution in [0.25, 0.3) is 10.9 Å². The Kier molecular flexibility index (Phi) is 13.4. The molecule has 2 unspecified atom stereocenters. The van der Waals surface area contributed by atoms with Gasteiger partial charge in [0, 0.05) is 24.0 Å². The van der Waals surface area contributed by atoms with Gasteiger partial charge >= 0.3 is 6.18 Å². The zero-order valence-electron chi connectivity index (χ0n) is 31.5. The number of fused-ring (bicyclic) bond motifs is 3. The first kappa shape index (κ1) is 41.4. The number of hydrogen-bond acceptors (Lipinski definition) is 4. The van der Waals surface area contributed by atoms with Crippen molar-refractivity contribution in [2.45, 2.75) is 96.4 Å². The summed E-state index contributed by atoms with van der Waals surface area (Å²) in [6.45, 7) is 8.11. The van der Waals surface area contributed by atoms with Gasteiger partial charge in [-0.1, -0.05) is 113 Å². The summed E-state index contributed by atoms with van der Waals surface area (Å²) in [4.78, 5) is 45.8. The number of carbonyl (C=O) groups is 3. The smallest absolute Gasteiger partial charge is 0.378 e. The molecular formula is C42H49F4N5O3S. The number of rotatable bonds is 15. The van der Waals surface area contributed by atoms with E-state index >= 15 is 0 Å². The van der Waals surface area contributed by atoms with Crippen LogP contribution in [0.4, 0.5) is 17.6 Å². The highest BCUT2D eigenvalue weighted by Gasteiger charge is 2.47. The summed E-state index contributed by atoms with van der Waals surface area (Å²) >= 11 is 5.84. The summed E-state index contributed by atoms with van der Waals surface area (Å²) in [6.07, 6.45) is -2.95. The minimum absolute atomic E-state index is 0.0591. The van der Waals surface area contributed by atoms with Gasteiger partial charge in [-0.25, -0.2) is 4.39 Å². The summed E-state index contributed by atoms with van der Waals surface area (Å²) in [5, 5.41) is 12.5. The van der Waals surface area contributed by atoms with Crippen LogP contribution < -0.4 is 21.3 Å². The van der Waals surface area contributed by atoms with Crippen LogP contribution in [0.15, 0.2) is 72.8 Å². The lowest BCUT2D eigenvalue weighted by Crippen LogP contribution is -2.67. The molecule has 0 spiro atoms. The highest BCUT2D eigenvalue weighted by molar-refractivity contribution is 7.80. The molecule has 8 nitrogen and oxygen atoms in total. The number of thiocarbonyl (C=S) groups is 1. The summed E-state index contributed by atoms with van der Waals surface area (Å²) in [6, 6.07) is 18.0. The average molecular weight is 780 g/mol. The molecular weight excluding hydrogens is 731 g/mol. The third kappa shape index (κ3) is 9.73. The molecule has 1 aromatic heterocycles. The third-order valence-corrected chi connectivity index (χ3v) is 11.3. The van der Waals surface area contributed by atoms with Crippen molar-refractivity contribution < 1.29 is 31.9 Å². The van der Waals surface area contributed by atoms with Crippen LogP contribution in [-0.4, -0.2) is 51.9 Å². The number of hydrogen-bond donors (Lipinski definition) is 5. The van der Waals surface area contributed by atoms with Crippen molar-refractivity contribution >= 4 is 45.8 Å².